The van der Waals surface area contributed by atoms with Crippen LogP contribution in [0.5, 0.6) is 0 Å². The molecule has 0 spiro atoms. The summed E-state index contributed by atoms with van der Waals surface area (Å²) in [4.78, 5) is 30.0. The summed E-state index contributed by atoms with van der Waals surface area (Å²) in [5.41, 5.74) is -0.328. The summed E-state index contributed by atoms with van der Waals surface area (Å²) in [5, 5.41) is 1.59. The van der Waals surface area contributed by atoms with Crippen molar-refractivity contribution in [3.63, 3.8) is 0 Å². The number of hydroxylamine groups is 2. The van der Waals surface area contributed by atoms with Gasteiger partial charge in [-0.25, -0.2) is 9.59 Å². The van der Waals surface area contributed by atoms with Crippen LogP contribution >= 0.6 is 0 Å². The Morgan fingerprint density at radius 1 is 1.38 bits per heavy atom. The fourth-order valence-corrected chi connectivity index (χ4v) is 2.99. The number of methoxy groups -OCH3 is 1. The van der Waals surface area contributed by atoms with Gasteiger partial charge in [-0.15, -0.1) is 0 Å². The zero-order valence-electron chi connectivity index (χ0n) is 11.9. The van der Waals surface area contributed by atoms with Crippen LogP contribution in [-0.4, -0.2) is 42.9 Å². The van der Waals surface area contributed by atoms with Crippen molar-refractivity contribution < 1.29 is 23.9 Å². The maximum absolute atomic E-state index is 12.5. The molecule has 0 saturated carbocycles. The summed E-state index contributed by atoms with van der Waals surface area (Å²) in [6.45, 7) is 2.13. The van der Waals surface area contributed by atoms with Gasteiger partial charge in [0.2, 0.25) is 0 Å². The van der Waals surface area contributed by atoms with E-state index in [0.717, 1.165) is 5.56 Å². The molecule has 3 unspecified atom stereocenters. The normalized spacial score (nSPS) is 32.4. The minimum absolute atomic E-state index is 0.141. The van der Waals surface area contributed by atoms with Crippen LogP contribution in [-0.2, 0) is 29.4 Å². The number of carbonyl (C=O) groups is 2. The Balaban J connectivity index is 2.07. The molecule has 21 heavy (non-hydrogen) atoms. The van der Waals surface area contributed by atoms with Crippen molar-refractivity contribution >= 4 is 11.9 Å². The number of cyclic esters (lactones) is 1. The smallest absolute Gasteiger partial charge is 0.337 e. The van der Waals surface area contributed by atoms with Crippen LogP contribution in [0.1, 0.15) is 18.9 Å². The van der Waals surface area contributed by atoms with E-state index in [2.05, 4.69) is 0 Å². The number of hydrogen-bond donors (Lipinski definition) is 0. The third kappa shape index (κ3) is 2.02. The number of esters is 2. The lowest BCUT2D eigenvalue weighted by Crippen LogP contribution is -2.57. The molecule has 0 radical (unpaired) electrons. The van der Waals surface area contributed by atoms with E-state index in [0.29, 0.717) is 0 Å². The fraction of sp³-hybridized carbons (Fsp3) is 0.467. The molecule has 0 aliphatic carbocycles. The van der Waals surface area contributed by atoms with Crippen LogP contribution in [0.25, 0.3) is 0 Å². The number of hydrogen-bond acceptors (Lipinski definition) is 6. The van der Waals surface area contributed by atoms with Crippen molar-refractivity contribution in [2.45, 2.75) is 31.0 Å². The number of benzene rings is 1. The predicted molar refractivity (Wildman–Crippen MR) is 71.9 cm³/mol. The Kier molecular flexibility index (Phi) is 3.43. The fourth-order valence-electron chi connectivity index (χ4n) is 2.99. The standard InChI is InChI=1S/C15H17NO5/c1-10-9-20-14(18)15(11-6-4-3-5-7-11)8-12(13(17)19-2)21-16(10)15/h3-7,10,12H,8-9H2,1-2H3. The van der Waals surface area contributed by atoms with Crippen molar-refractivity contribution in [3.8, 4) is 0 Å². The highest BCUT2D eigenvalue weighted by molar-refractivity contribution is 5.86. The van der Waals surface area contributed by atoms with E-state index in [1.807, 2.05) is 37.3 Å². The van der Waals surface area contributed by atoms with Crippen LogP contribution in [0, 0.1) is 0 Å². The van der Waals surface area contributed by atoms with Crippen LogP contribution in [0.2, 0.25) is 0 Å². The molecule has 3 atom stereocenters. The second-order valence-corrected chi connectivity index (χ2v) is 5.32. The molecule has 2 fully saturated rings. The molecule has 2 aliphatic rings. The Morgan fingerprint density at radius 2 is 2.10 bits per heavy atom. The Labute approximate surface area is 122 Å². The third-order valence-corrected chi connectivity index (χ3v) is 4.01. The molecule has 2 heterocycles. The zero-order valence-corrected chi connectivity index (χ0v) is 11.9. The number of fused-ring (bicyclic) bond motifs is 1. The molecule has 3 rings (SSSR count). The van der Waals surface area contributed by atoms with Crippen LogP contribution in [0.3, 0.4) is 0 Å². The molecule has 0 bridgehead atoms. The Morgan fingerprint density at radius 3 is 2.76 bits per heavy atom. The van der Waals surface area contributed by atoms with Gasteiger partial charge in [0.05, 0.1) is 13.2 Å². The lowest BCUT2D eigenvalue weighted by atomic mass is 9.83. The van der Waals surface area contributed by atoms with Gasteiger partial charge in [0.15, 0.2) is 11.6 Å². The van der Waals surface area contributed by atoms with Crippen molar-refractivity contribution in [1.29, 1.82) is 0 Å². The summed E-state index contributed by atoms with van der Waals surface area (Å²) in [6.07, 6.45) is -0.615. The highest BCUT2D eigenvalue weighted by Gasteiger charge is 2.60. The first-order chi connectivity index (χ1) is 10.1. The van der Waals surface area contributed by atoms with Crippen molar-refractivity contribution in [1.82, 2.24) is 5.06 Å². The van der Waals surface area contributed by atoms with Crippen molar-refractivity contribution in [2.24, 2.45) is 0 Å². The van der Waals surface area contributed by atoms with Crippen LogP contribution in [0.4, 0.5) is 0 Å². The molecule has 0 N–H and O–H groups in total. The Hall–Kier alpha value is -1.92. The zero-order chi connectivity index (χ0) is 15.0. The van der Waals surface area contributed by atoms with Gasteiger partial charge in [-0.05, 0) is 12.5 Å². The van der Waals surface area contributed by atoms with Gasteiger partial charge in [0.25, 0.3) is 0 Å². The van der Waals surface area contributed by atoms with Gasteiger partial charge in [-0.3, -0.25) is 4.84 Å². The highest BCUT2D eigenvalue weighted by Crippen LogP contribution is 2.45. The van der Waals surface area contributed by atoms with Crippen molar-refractivity contribution in [3.05, 3.63) is 35.9 Å². The molecule has 112 valence electrons. The number of ether oxygens (including phenoxy) is 2. The van der Waals surface area contributed by atoms with E-state index in [1.165, 1.54) is 7.11 Å². The predicted octanol–water partition coefficient (Wildman–Crippen LogP) is 1.01. The summed E-state index contributed by atoms with van der Waals surface area (Å²) >= 11 is 0. The minimum Gasteiger partial charge on any atom is -0.467 e. The van der Waals surface area contributed by atoms with E-state index >= 15 is 0 Å². The average Bonchev–Trinajstić information content (AvgIpc) is 2.94. The van der Waals surface area contributed by atoms with Gasteiger partial charge < -0.3 is 9.47 Å². The first-order valence-corrected chi connectivity index (χ1v) is 6.86. The van der Waals surface area contributed by atoms with E-state index in [4.69, 9.17) is 14.3 Å². The molecule has 0 amide bonds. The topological polar surface area (TPSA) is 65.1 Å². The lowest BCUT2D eigenvalue weighted by molar-refractivity contribution is -0.249. The second kappa shape index (κ2) is 5.13. The number of nitrogens with zero attached hydrogens (tertiary/aromatic N) is 1. The molecular weight excluding hydrogens is 274 g/mol. The third-order valence-electron chi connectivity index (χ3n) is 4.01. The molecule has 1 aromatic rings. The quantitative estimate of drug-likeness (QED) is 0.758. The molecule has 0 aromatic heterocycles. The largest absolute Gasteiger partial charge is 0.467 e. The summed E-state index contributed by atoms with van der Waals surface area (Å²) in [7, 11) is 1.31. The van der Waals surface area contributed by atoms with Crippen LogP contribution < -0.4 is 0 Å². The molecular formula is C15H17NO5. The summed E-state index contributed by atoms with van der Waals surface area (Å²) < 4.78 is 10.1. The SMILES string of the molecule is COC(=O)C1CC2(c3ccccc3)C(=O)OCC(C)N2O1. The maximum atomic E-state index is 12.5. The number of carbonyl (C=O) groups excluding carboxylic acids is 2. The van der Waals surface area contributed by atoms with Gasteiger partial charge in [0, 0.05) is 6.42 Å². The average molecular weight is 291 g/mol. The molecule has 6 nitrogen and oxygen atoms in total. The van der Waals surface area contributed by atoms with Gasteiger partial charge >= 0.3 is 11.9 Å². The molecule has 1 aromatic carbocycles. The van der Waals surface area contributed by atoms with E-state index < -0.39 is 23.6 Å². The Bertz CT molecular complexity index is 560. The number of rotatable bonds is 2. The molecule has 2 aliphatic heterocycles. The van der Waals surface area contributed by atoms with Gasteiger partial charge in [-0.1, -0.05) is 30.3 Å². The number of morpholine rings is 1. The lowest BCUT2D eigenvalue weighted by Gasteiger charge is -2.41. The first-order valence-electron chi connectivity index (χ1n) is 6.86. The van der Waals surface area contributed by atoms with Crippen LogP contribution in [0.15, 0.2) is 30.3 Å². The molecule has 6 heteroatoms. The van der Waals surface area contributed by atoms with Crippen molar-refractivity contribution in [2.75, 3.05) is 13.7 Å². The molecule has 2 saturated heterocycles. The first kappa shape index (κ1) is 14.0. The van der Waals surface area contributed by atoms with E-state index in [-0.39, 0.29) is 19.1 Å². The maximum Gasteiger partial charge on any atom is 0.337 e. The monoisotopic (exact) mass is 291 g/mol. The second-order valence-electron chi connectivity index (χ2n) is 5.32. The minimum atomic E-state index is -1.09. The highest BCUT2D eigenvalue weighted by atomic mass is 16.7. The van der Waals surface area contributed by atoms with Gasteiger partial charge in [-0.2, -0.15) is 5.06 Å². The van der Waals surface area contributed by atoms with E-state index in [1.54, 1.807) is 5.06 Å². The summed E-state index contributed by atoms with van der Waals surface area (Å²) in [5.74, 6) is -0.877. The summed E-state index contributed by atoms with van der Waals surface area (Å²) in [6, 6.07) is 9.11. The van der Waals surface area contributed by atoms with E-state index in [9.17, 15) is 9.59 Å². The van der Waals surface area contributed by atoms with Gasteiger partial charge in [0.1, 0.15) is 6.61 Å².